The highest BCUT2D eigenvalue weighted by Gasteiger charge is 2.09. The minimum absolute atomic E-state index is 0.253. The van der Waals surface area contributed by atoms with Gasteiger partial charge in [-0.05, 0) is 29.8 Å². The van der Waals surface area contributed by atoms with Gasteiger partial charge < -0.3 is 10.1 Å². The van der Waals surface area contributed by atoms with Gasteiger partial charge in [-0.15, -0.1) is 0 Å². The van der Waals surface area contributed by atoms with Crippen molar-refractivity contribution in [2.45, 2.75) is 6.54 Å². The molecule has 0 aliphatic heterocycles. The SMILES string of the molecule is COc1ccc(CNc2c3ccccc3nc3ccccc23)cc1F. The fraction of sp³-hybridized carbons (Fsp3) is 0.0952. The maximum atomic E-state index is 13.9. The molecule has 0 unspecified atom stereocenters. The molecule has 3 nitrogen and oxygen atoms in total. The second kappa shape index (κ2) is 6.40. The summed E-state index contributed by atoms with van der Waals surface area (Å²) in [5.41, 5.74) is 3.73. The average Bonchev–Trinajstić information content (AvgIpc) is 2.65. The van der Waals surface area contributed by atoms with Crippen LogP contribution in [0.25, 0.3) is 21.8 Å². The predicted molar refractivity (Wildman–Crippen MR) is 99.5 cm³/mol. The number of methoxy groups -OCH3 is 1. The quantitative estimate of drug-likeness (QED) is 0.525. The summed E-state index contributed by atoms with van der Waals surface area (Å²) in [6, 6.07) is 21.1. The van der Waals surface area contributed by atoms with Crippen LogP contribution in [0.1, 0.15) is 5.56 Å². The third-order valence-corrected chi connectivity index (χ3v) is 4.27. The van der Waals surface area contributed by atoms with Gasteiger partial charge in [-0.1, -0.05) is 42.5 Å². The number of anilines is 1. The van der Waals surface area contributed by atoms with Crippen molar-refractivity contribution in [3.63, 3.8) is 0 Å². The lowest BCUT2D eigenvalue weighted by Gasteiger charge is -2.13. The number of aromatic nitrogens is 1. The van der Waals surface area contributed by atoms with Crippen LogP contribution < -0.4 is 10.1 Å². The van der Waals surface area contributed by atoms with Gasteiger partial charge in [0.1, 0.15) is 0 Å². The largest absolute Gasteiger partial charge is 0.494 e. The number of fused-ring (bicyclic) bond motifs is 2. The number of pyridine rings is 1. The Kier molecular flexibility index (Phi) is 3.94. The van der Waals surface area contributed by atoms with Gasteiger partial charge >= 0.3 is 0 Å². The molecule has 4 rings (SSSR count). The van der Waals surface area contributed by atoms with Crippen molar-refractivity contribution < 1.29 is 9.13 Å². The molecule has 0 fully saturated rings. The summed E-state index contributed by atoms with van der Waals surface area (Å²) in [6.07, 6.45) is 0. The first-order valence-electron chi connectivity index (χ1n) is 8.10. The van der Waals surface area contributed by atoms with Crippen molar-refractivity contribution in [3.05, 3.63) is 78.1 Å². The van der Waals surface area contributed by atoms with Crippen molar-refractivity contribution in [1.82, 2.24) is 4.98 Å². The summed E-state index contributed by atoms with van der Waals surface area (Å²) < 4.78 is 18.9. The predicted octanol–water partition coefficient (Wildman–Crippen LogP) is 5.15. The first-order valence-corrected chi connectivity index (χ1v) is 8.10. The minimum atomic E-state index is -0.355. The molecule has 1 aromatic heterocycles. The highest BCUT2D eigenvalue weighted by molar-refractivity contribution is 6.07. The van der Waals surface area contributed by atoms with Crippen LogP contribution in [0, 0.1) is 5.82 Å². The molecule has 0 aliphatic rings. The smallest absolute Gasteiger partial charge is 0.165 e. The second-order valence-electron chi connectivity index (χ2n) is 5.84. The Bertz CT molecular complexity index is 1010. The standard InChI is InChI=1S/C21H17FN2O/c1-25-20-11-10-14(12-17(20)22)13-23-21-15-6-2-4-8-18(15)24-19-9-5-3-7-16(19)21/h2-12H,13H2,1H3,(H,23,24). The molecule has 25 heavy (non-hydrogen) atoms. The minimum Gasteiger partial charge on any atom is -0.494 e. The van der Waals surface area contributed by atoms with Crippen LogP contribution in [0.3, 0.4) is 0 Å². The highest BCUT2D eigenvalue weighted by atomic mass is 19.1. The van der Waals surface area contributed by atoms with E-state index in [1.807, 2.05) is 54.6 Å². The number of rotatable bonds is 4. The van der Waals surface area contributed by atoms with Crippen molar-refractivity contribution >= 4 is 27.5 Å². The first-order chi connectivity index (χ1) is 12.3. The number of nitrogens with zero attached hydrogens (tertiary/aromatic N) is 1. The molecule has 0 atom stereocenters. The zero-order valence-electron chi connectivity index (χ0n) is 13.8. The molecule has 0 spiro atoms. The van der Waals surface area contributed by atoms with E-state index in [-0.39, 0.29) is 11.6 Å². The average molecular weight is 332 g/mol. The summed E-state index contributed by atoms with van der Waals surface area (Å²) in [5, 5.41) is 5.57. The number of hydrogen-bond acceptors (Lipinski definition) is 3. The van der Waals surface area contributed by atoms with Gasteiger partial charge in [0.15, 0.2) is 11.6 Å². The van der Waals surface area contributed by atoms with Crippen molar-refractivity contribution in [1.29, 1.82) is 0 Å². The summed E-state index contributed by atoms with van der Waals surface area (Å²) >= 11 is 0. The second-order valence-corrected chi connectivity index (χ2v) is 5.84. The Morgan fingerprint density at radius 3 is 2.16 bits per heavy atom. The lowest BCUT2D eigenvalue weighted by molar-refractivity contribution is 0.386. The number of nitrogens with one attached hydrogen (secondary N) is 1. The van der Waals surface area contributed by atoms with E-state index in [0.717, 1.165) is 33.1 Å². The van der Waals surface area contributed by atoms with E-state index in [9.17, 15) is 4.39 Å². The van der Waals surface area contributed by atoms with Gasteiger partial charge in [-0.25, -0.2) is 9.37 Å². The van der Waals surface area contributed by atoms with Crippen LogP contribution in [0.4, 0.5) is 10.1 Å². The zero-order chi connectivity index (χ0) is 17.2. The van der Waals surface area contributed by atoms with E-state index < -0.39 is 0 Å². The monoisotopic (exact) mass is 332 g/mol. The molecule has 4 heteroatoms. The van der Waals surface area contributed by atoms with E-state index in [1.165, 1.54) is 13.2 Å². The third-order valence-electron chi connectivity index (χ3n) is 4.27. The topological polar surface area (TPSA) is 34.1 Å². The van der Waals surface area contributed by atoms with E-state index in [1.54, 1.807) is 6.07 Å². The van der Waals surface area contributed by atoms with E-state index in [2.05, 4.69) is 5.32 Å². The Hall–Kier alpha value is -3.14. The number of para-hydroxylation sites is 2. The van der Waals surface area contributed by atoms with Crippen LogP contribution >= 0.6 is 0 Å². The molecule has 4 aromatic rings. The fourth-order valence-corrected chi connectivity index (χ4v) is 3.04. The van der Waals surface area contributed by atoms with Crippen LogP contribution in [0.5, 0.6) is 5.75 Å². The van der Waals surface area contributed by atoms with E-state index >= 15 is 0 Å². The Morgan fingerprint density at radius 1 is 0.920 bits per heavy atom. The first kappa shape index (κ1) is 15.4. The number of hydrogen-bond donors (Lipinski definition) is 1. The fourth-order valence-electron chi connectivity index (χ4n) is 3.04. The third kappa shape index (κ3) is 2.87. The molecule has 0 saturated heterocycles. The molecule has 0 aliphatic carbocycles. The summed E-state index contributed by atoms with van der Waals surface area (Å²) in [5.74, 6) is -0.102. The normalized spacial score (nSPS) is 11.0. The summed E-state index contributed by atoms with van der Waals surface area (Å²) in [4.78, 5) is 4.71. The molecule has 0 amide bonds. The Balaban J connectivity index is 1.76. The molecule has 3 aromatic carbocycles. The van der Waals surface area contributed by atoms with E-state index in [4.69, 9.17) is 9.72 Å². The van der Waals surface area contributed by atoms with Gasteiger partial charge in [0, 0.05) is 17.3 Å². The molecular weight excluding hydrogens is 315 g/mol. The van der Waals surface area contributed by atoms with Crippen LogP contribution in [0.15, 0.2) is 66.7 Å². The highest BCUT2D eigenvalue weighted by Crippen LogP contribution is 2.31. The maximum absolute atomic E-state index is 13.9. The molecular formula is C21H17FN2O. The van der Waals surface area contributed by atoms with Crippen molar-refractivity contribution in [3.8, 4) is 5.75 Å². The molecule has 1 N–H and O–H groups in total. The van der Waals surface area contributed by atoms with Crippen LogP contribution in [-0.4, -0.2) is 12.1 Å². The molecule has 0 bridgehead atoms. The van der Waals surface area contributed by atoms with Crippen LogP contribution in [-0.2, 0) is 6.54 Å². The van der Waals surface area contributed by atoms with Gasteiger partial charge in [0.2, 0.25) is 0 Å². The summed E-state index contributed by atoms with van der Waals surface area (Å²) in [6.45, 7) is 0.513. The Labute approximate surface area is 145 Å². The lowest BCUT2D eigenvalue weighted by atomic mass is 10.1. The lowest BCUT2D eigenvalue weighted by Crippen LogP contribution is -2.02. The molecule has 0 saturated carbocycles. The van der Waals surface area contributed by atoms with Gasteiger partial charge in [0.25, 0.3) is 0 Å². The maximum Gasteiger partial charge on any atom is 0.165 e. The number of ether oxygens (including phenoxy) is 1. The van der Waals surface area contributed by atoms with Gasteiger partial charge in [-0.2, -0.15) is 0 Å². The van der Waals surface area contributed by atoms with E-state index in [0.29, 0.717) is 6.54 Å². The zero-order valence-corrected chi connectivity index (χ0v) is 13.8. The molecule has 0 radical (unpaired) electrons. The van der Waals surface area contributed by atoms with Crippen LogP contribution in [0.2, 0.25) is 0 Å². The molecule has 124 valence electrons. The number of halogens is 1. The summed E-state index contributed by atoms with van der Waals surface area (Å²) in [7, 11) is 1.46. The van der Waals surface area contributed by atoms with Gasteiger partial charge in [-0.3, -0.25) is 0 Å². The van der Waals surface area contributed by atoms with Gasteiger partial charge in [0.05, 0.1) is 23.8 Å². The number of benzene rings is 3. The Morgan fingerprint density at radius 2 is 1.56 bits per heavy atom. The van der Waals surface area contributed by atoms with Crippen molar-refractivity contribution in [2.75, 3.05) is 12.4 Å². The molecule has 1 heterocycles. The van der Waals surface area contributed by atoms with Crippen molar-refractivity contribution in [2.24, 2.45) is 0 Å².